The Balaban J connectivity index is 1.23. The van der Waals surface area contributed by atoms with Crippen molar-refractivity contribution < 1.29 is 23.8 Å². The van der Waals surface area contributed by atoms with Gasteiger partial charge in [-0.15, -0.1) is 22.7 Å². The van der Waals surface area contributed by atoms with Crippen LogP contribution in [-0.2, 0) is 21.7 Å². The van der Waals surface area contributed by atoms with E-state index in [-0.39, 0.29) is 6.10 Å². The molecule has 3 heterocycles. The number of carbonyl (C=O) groups is 2. The molecule has 0 saturated heterocycles. The van der Waals surface area contributed by atoms with Gasteiger partial charge in [-0.1, -0.05) is 12.1 Å². The van der Waals surface area contributed by atoms with Gasteiger partial charge < -0.3 is 19.2 Å². The number of aldehydes is 1. The third-order valence-electron chi connectivity index (χ3n) is 7.15. The van der Waals surface area contributed by atoms with Crippen molar-refractivity contribution >= 4 is 46.0 Å². The highest BCUT2D eigenvalue weighted by Crippen LogP contribution is 2.42. The highest BCUT2D eigenvalue weighted by Gasteiger charge is 2.48. The van der Waals surface area contributed by atoms with Crippen molar-refractivity contribution in [2.24, 2.45) is 0 Å². The second-order valence-corrected chi connectivity index (χ2v) is 11.2. The summed E-state index contributed by atoms with van der Waals surface area (Å²) in [5.41, 5.74) is 0.0648. The first-order valence-electron chi connectivity index (χ1n) is 12.2. The number of fused-ring (bicyclic) bond motifs is 1. The van der Waals surface area contributed by atoms with Crippen molar-refractivity contribution in [3.63, 3.8) is 0 Å². The molecule has 1 aliphatic rings. The molecule has 0 unspecified atom stereocenters. The fourth-order valence-electron chi connectivity index (χ4n) is 5.12. The molecule has 194 valence electrons. The molecule has 0 spiro atoms. The zero-order chi connectivity index (χ0) is 26.0. The molecule has 3 aromatic heterocycles. The molecule has 0 bridgehead atoms. The van der Waals surface area contributed by atoms with Crippen LogP contribution in [0.2, 0.25) is 0 Å². The predicted octanol–water partition coefficient (Wildman–Crippen LogP) is 4.82. The van der Waals surface area contributed by atoms with Crippen LogP contribution in [-0.4, -0.2) is 52.6 Å². The molecule has 1 N–H and O–H groups in total. The summed E-state index contributed by atoms with van der Waals surface area (Å²) in [7, 11) is 2.04. The molecule has 10 heteroatoms. The minimum atomic E-state index is -1.49. The van der Waals surface area contributed by atoms with Crippen molar-refractivity contribution in [2.75, 3.05) is 13.6 Å². The van der Waals surface area contributed by atoms with Crippen LogP contribution >= 0.6 is 22.7 Å². The number of aliphatic carboxylic acids is 1. The number of benzene rings is 1. The summed E-state index contributed by atoms with van der Waals surface area (Å²) in [6.07, 6.45) is 3.81. The number of thiophene rings is 2. The third-order valence-corrected chi connectivity index (χ3v) is 9.09. The summed E-state index contributed by atoms with van der Waals surface area (Å²) in [5, 5.41) is 14.1. The zero-order valence-corrected chi connectivity index (χ0v) is 22.0. The Hall–Kier alpha value is -3.05. The summed E-state index contributed by atoms with van der Waals surface area (Å²) in [4.78, 5) is 39.6. The summed E-state index contributed by atoms with van der Waals surface area (Å²) < 4.78 is 13.4. The Morgan fingerprint density at radius 3 is 2.41 bits per heavy atom. The van der Waals surface area contributed by atoms with Crippen LogP contribution in [0, 0.1) is 0 Å². The highest BCUT2D eigenvalue weighted by molar-refractivity contribution is 7.12. The number of hydrogen-bond donors (Lipinski definition) is 1. The van der Waals surface area contributed by atoms with Crippen LogP contribution in [0.5, 0.6) is 0 Å². The first kappa shape index (κ1) is 25.6. The highest BCUT2D eigenvalue weighted by atomic mass is 32.1. The number of nitrogens with zero attached hydrogens (tertiary/aromatic N) is 2. The van der Waals surface area contributed by atoms with Gasteiger partial charge in [-0.05, 0) is 73.8 Å². The van der Waals surface area contributed by atoms with E-state index < -0.39 is 17.3 Å². The molecule has 0 radical (unpaired) electrons. The molecule has 1 aromatic carbocycles. The van der Waals surface area contributed by atoms with E-state index in [1.807, 2.05) is 42.1 Å². The minimum absolute atomic E-state index is 0.169. The van der Waals surface area contributed by atoms with Gasteiger partial charge in [-0.3, -0.25) is 9.36 Å². The van der Waals surface area contributed by atoms with Gasteiger partial charge in [0.25, 0.3) is 0 Å². The van der Waals surface area contributed by atoms with Crippen LogP contribution in [0.3, 0.4) is 0 Å². The lowest BCUT2D eigenvalue weighted by Gasteiger charge is -2.38. The summed E-state index contributed by atoms with van der Waals surface area (Å²) in [6.45, 7) is 1.13. The second kappa shape index (κ2) is 10.7. The van der Waals surface area contributed by atoms with Crippen LogP contribution in [0.4, 0.5) is 0 Å². The normalized spacial score (nSPS) is 18.4. The molecule has 1 fully saturated rings. The molecule has 0 amide bonds. The van der Waals surface area contributed by atoms with E-state index in [4.69, 9.17) is 9.15 Å². The maximum atomic E-state index is 12.6. The molecule has 8 nitrogen and oxygen atoms in total. The topological polar surface area (TPSA) is 102 Å². The van der Waals surface area contributed by atoms with Crippen molar-refractivity contribution in [1.29, 1.82) is 0 Å². The van der Waals surface area contributed by atoms with E-state index in [2.05, 4.69) is 4.90 Å². The number of carbonyl (C=O) groups excluding carboxylic acids is 1. The van der Waals surface area contributed by atoms with Gasteiger partial charge >= 0.3 is 11.7 Å². The number of carboxylic acid groups (broad SMARTS) is 1. The van der Waals surface area contributed by atoms with Crippen molar-refractivity contribution in [2.45, 2.75) is 50.0 Å². The van der Waals surface area contributed by atoms with Gasteiger partial charge in [0.1, 0.15) is 6.29 Å². The molecule has 37 heavy (non-hydrogen) atoms. The fourth-order valence-corrected chi connectivity index (χ4v) is 6.93. The molecule has 5 rings (SSSR count). The number of ether oxygens (including phenoxy) is 1. The standard InChI is InChI=1S/C27H28N2O6S2/c1-28(12-13-29-21-11-6-18(17-30)16-22(21)34-26(29)33)19-7-9-20(10-8-19)35-27(25(31)32,23-4-2-14-36-23)24-5-3-15-37-24/h2-6,11,14-17,19-20H,7-10,12-13H2,1H3,(H,31,32)/t19-,20-. The lowest BCUT2D eigenvalue weighted by atomic mass is 9.90. The Bertz CT molecular complexity index is 1380. The summed E-state index contributed by atoms with van der Waals surface area (Å²) >= 11 is 2.80. The van der Waals surface area contributed by atoms with Crippen LogP contribution in [0.1, 0.15) is 45.8 Å². The van der Waals surface area contributed by atoms with Gasteiger partial charge in [0.05, 0.1) is 21.4 Å². The summed E-state index contributed by atoms with van der Waals surface area (Å²) in [6, 6.07) is 12.7. The number of carboxylic acids is 1. The first-order chi connectivity index (χ1) is 17.9. The van der Waals surface area contributed by atoms with Crippen LogP contribution in [0.25, 0.3) is 11.1 Å². The van der Waals surface area contributed by atoms with Gasteiger partial charge in [-0.2, -0.15) is 0 Å². The number of hydrogen-bond acceptors (Lipinski definition) is 8. The number of aromatic nitrogens is 1. The third kappa shape index (κ3) is 4.94. The lowest BCUT2D eigenvalue weighted by molar-refractivity contribution is -0.170. The lowest BCUT2D eigenvalue weighted by Crippen LogP contribution is -2.45. The zero-order valence-electron chi connectivity index (χ0n) is 20.4. The van der Waals surface area contributed by atoms with E-state index in [1.54, 1.807) is 22.8 Å². The van der Waals surface area contributed by atoms with Crippen molar-refractivity contribution in [1.82, 2.24) is 9.47 Å². The number of oxazole rings is 1. The van der Waals surface area contributed by atoms with E-state index in [1.165, 1.54) is 22.7 Å². The Morgan fingerprint density at radius 2 is 1.84 bits per heavy atom. The smallest absolute Gasteiger partial charge is 0.419 e. The molecular formula is C27H28N2O6S2. The van der Waals surface area contributed by atoms with Gasteiger partial charge in [0, 0.05) is 24.7 Å². The van der Waals surface area contributed by atoms with Gasteiger partial charge in [0.2, 0.25) is 5.60 Å². The van der Waals surface area contributed by atoms with Crippen molar-refractivity contribution in [3.05, 3.63) is 79.1 Å². The monoisotopic (exact) mass is 540 g/mol. The van der Waals surface area contributed by atoms with Gasteiger partial charge in [0.15, 0.2) is 5.58 Å². The number of likely N-dealkylation sites (N-methyl/N-ethyl adjacent to an activating group) is 1. The average molecular weight is 541 g/mol. The Morgan fingerprint density at radius 1 is 1.16 bits per heavy atom. The molecule has 1 aliphatic carbocycles. The maximum absolute atomic E-state index is 12.6. The van der Waals surface area contributed by atoms with Crippen LogP contribution in [0.15, 0.2) is 62.4 Å². The average Bonchev–Trinajstić information content (AvgIpc) is 3.68. The van der Waals surface area contributed by atoms with Crippen LogP contribution < -0.4 is 5.76 Å². The molecule has 0 atom stereocenters. The van der Waals surface area contributed by atoms with E-state index in [9.17, 15) is 19.5 Å². The maximum Gasteiger partial charge on any atom is 0.419 e. The first-order valence-corrected chi connectivity index (χ1v) is 14.0. The SMILES string of the molecule is CN(CCn1c(=O)oc2cc(C=O)ccc21)[C@H]1CC[C@H](OC(C(=O)O)(c2cccs2)c2cccs2)CC1. The Labute approximate surface area is 221 Å². The number of rotatable bonds is 10. The Kier molecular flexibility index (Phi) is 7.43. The minimum Gasteiger partial charge on any atom is -0.479 e. The summed E-state index contributed by atoms with van der Waals surface area (Å²) in [5.74, 6) is -1.43. The second-order valence-electron chi connectivity index (χ2n) is 9.33. The fraction of sp³-hybridized carbons (Fsp3) is 0.370. The molecule has 0 aliphatic heterocycles. The quantitative estimate of drug-likeness (QED) is 0.288. The molecule has 1 saturated carbocycles. The van der Waals surface area contributed by atoms with Crippen molar-refractivity contribution in [3.8, 4) is 0 Å². The van der Waals surface area contributed by atoms with E-state index in [0.29, 0.717) is 45.5 Å². The largest absolute Gasteiger partial charge is 0.479 e. The van der Waals surface area contributed by atoms with Gasteiger partial charge in [-0.25, -0.2) is 9.59 Å². The molecular weight excluding hydrogens is 512 g/mol. The van der Waals surface area contributed by atoms with E-state index in [0.717, 1.165) is 32.0 Å². The predicted molar refractivity (Wildman–Crippen MR) is 143 cm³/mol. The van der Waals surface area contributed by atoms with E-state index >= 15 is 0 Å². The molecule has 4 aromatic rings.